The van der Waals surface area contributed by atoms with Crippen LogP contribution in [-0.4, -0.2) is 120 Å². The lowest BCUT2D eigenvalue weighted by atomic mass is 9.92. The molecule has 0 saturated carbocycles. The van der Waals surface area contributed by atoms with Gasteiger partial charge >= 0.3 is 0 Å². The van der Waals surface area contributed by atoms with Crippen LogP contribution in [0.15, 0.2) is 104 Å². The molecule has 82 heavy (non-hydrogen) atoms. The quantitative estimate of drug-likeness (QED) is 0.0497. The van der Waals surface area contributed by atoms with Crippen LogP contribution in [0.25, 0.3) is 11.1 Å². The van der Waals surface area contributed by atoms with Crippen molar-refractivity contribution in [2.45, 2.75) is 104 Å². The number of benzene rings is 4. The lowest BCUT2D eigenvalue weighted by Crippen LogP contribution is -2.45. The minimum absolute atomic E-state index is 0.0753. The highest BCUT2D eigenvalue weighted by Gasteiger charge is 2.37. The summed E-state index contributed by atoms with van der Waals surface area (Å²) >= 11 is 6.24. The molecule has 428 valence electrons. The lowest BCUT2D eigenvalue weighted by molar-refractivity contribution is -0.137. The summed E-state index contributed by atoms with van der Waals surface area (Å²) in [5.41, 5.74) is 7.46. The lowest BCUT2D eigenvalue weighted by Gasteiger charge is -2.23. The zero-order valence-electron chi connectivity index (χ0n) is 46.6. The van der Waals surface area contributed by atoms with Gasteiger partial charge < -0.3 is 39.4 Å². The molecule has 0 unspecified atom stereocenters. The molecule has 0 spiro atoms. The number of carbonyl (C=O) groups excluding carboxylic acids is 7. The number of aliphatic imine (C=N–C) groups is 2. The van der Waals surface area contributed by atoms with Crippen molar-refractivity contribution in [3.05, 3.63) is 122 Å². The molecule has 2 N–H and O–H groups in total. The fourth-order valence-electron chi connectivity index (χ4n) is 10.4. The van der Waals surface area contributed by atoms with E-state index in [4.69, 9.17) is 28.9 Å². The van der Waals surface area contributed by atoms with E-state index in [1.165, 1.54) is 19.8 Å². The van der Waals surface area contributed by atoms with E-state index in [-0.39, 0.29) is 89.0 Å². The van der Waals surface area contributed by atoms with E-state index in [1.807, 2.05) is 44.6 Å². The number of ketones is 1. The second-order valence-corrected chi connectivity index (χ2v) is 22.7. The summed E-state index contributed by atoms with van der Waals surface area (Å²) in [7, 11) is 3.04. The first-order valence-electron chi connectivity index (χ1n) is 27.6. The van der Waals surface area contributed by atoms with E-state index in [9.17, 15) is 33.6 Å². The standard InChI is InChI=1S/C62H65Br2N7O11/c1-7-37-13-15-38(16-14-37)40-25-43-31-65-47-29-52(50(79-5)27-45(47)59(75)70(43)33-40)81-22-11-23-82-53-30-48-46(28-51(53)80-6)60(76)71-34-41(26-44(71)32-66-48)39-17-19-42(20-18-39)67-58(74)36(4)24-49(72)57(35(2)3)68-54(73)12-9-8-10-21-69-61(77)55(63)56(64)62(69)78/h13-20,27-36,43-44,57H,7-12,21-26H2,1-6H3,(H,67,74)(H,68,73)/t36-,43-,44-,57+/m0/s1. The van der Waals surface area contributed by atoms with Gasteiger partial charge in [0.2, 0.25) is 11.8 Å². The van der Waals surface area contributed by atoms with E-state index < -0.39 is 23.8 Å². The van der Waals surface area contributed by atoms with Crippen molar-refractivity contribution in [2.24, 2.45) is 21.8 Å². The third-order valence-electron chi connectivity index (χ3n) is 15.1. The van der Waals surface area contributed by atoms with Gasteiger partial charge in [0.25, 0.3) is 23.6 Å². The number of fused-ring (bicyclic) bond motifs is 4. The number of ether oxygens (including phenoxy) is 4. The van der Waals surface area contributed by atoms with Crippen LogP contribution in [0.2, 0.25) is 0 Å². The van der Waals surface area contributed by atoms with Gasteiger partial charge in [-0.1, -0.05) is 70.5 Å². The van der Waals surface area contributed by atoms with Crippen LogP contribution in [0.3, 0.4) is 0 Å². The normalized spacial score (nSPS) is 17.8. The highest BCUT2D eigenvalue weighted by Crippen LogP contribution is 2.42. The molecule has 9 rings (SSSR count). The number of hydrogen-bond donors (Lipinski definition) is 2. The summed E-state index contributed by atoms with van der Waals surface area (Å²) in [4.78, 5) is 106. The van der Waals surface area contributed by atoms with E-state index >= 15 is 0 Å². The number of Topliss-reactive ketones (excluding diaryl/α,β-unsaturated/α-hetero) is 1. The van der Waals surface area contributed by atoms with Gasteiger partial charge in [-0.15, -0.1) is 0 Å². The summed E-state index contributed by atoms with van der Waals surface area (Å²) in [5, 5.41) is 5.75. The molecule has 4 aromatic rings. The van der Waals surface area contributed by atoms with Gasteiger partial charge in [-0.3, -0.25) is 48.4 Å². The Morgan fingerprint density at radius 2 is 1.17 bits per heavy atom. The van der Waals surface area contributed by atoms with Crippen molar-refractivity contribution < 1.29 is 52.5 Å². The maximum absolute atomic E-state index is 14.1. The number of rotatable bonds is 24. The number of methoxy groups -OCH3 is 2. The number of carbonyl (C=O) groups is 7. The number of anilines is 1. The van der Waals surface area contributed by atoms with Gasteiger partial charge in [0.05, 0.1) is 68.1 Å². The Bertz CT molecular complexity index is 3330. The van der Waals surface area contributed by atoms with Gasteiger partial charge in [-0.2, -0.15) is 0 Å². The van der Waals surface area contributed by atoms with E-state index in [0.29, 0.717) is 89.7 Å². The molecule has 0 aromatic heterocycles. The topological polar surface area (TPSA) is 215 Å². The average molecular weight is 1240 g/mol. The molecule has 18 nitrogen and oxygen atoms in total. The monoisotopic (exact) mass is 1240 g/mol. The molecule has 0 saturated heterocycles. The molecule has 6 amide bonds. The maximum atomic E-state index is 14.1. The summed E-state index contributed by atoms with van der Waals surface area (Å²) in [5.74, 6) is -1.32. The second kappa shape index (κ2) is 26.0. The molecular formula is C62H65Br2N7O11. The number of aryl methyl sites for hydroxylation is 1. The maximum Gasteiger partial charge on any atom is 0.269 e. The zero-order chi connectivity index (χ0) is 58.4. The Morgan fingerprint density at radius 1 is 0.659 bits per heavy atom. The van der Waals surface area contributed by atoms with Crippen LogP contribution in [0.4, 0.5) is 17.1 Å². The third-order valence-corrected chi connectivity index (χ3v) is 17.1. The summed E-state index contributed by atoms with van der Waals surface area (Å²) in [6, 6.07) is 21.2. The SMILES string of the molecule is CCc1ccc(C2=CN3C(=O)c4cc(OC)c(OCCCOc5cc6c(cc5OC)C(=O)N5C=C(c7ccc(NC(=O)[C@@H](C)CC(=O)[C@H](NC(=O)CCCCCN8C(=O)C(Br)=C(Br)C8=O)C(C)C)cc7)C[C@H]5C=N6)cc4N=C[C@@H]3C2)cc1. The number of nitrogens with zero attached hydrogens (tertiary/aromatic N) is 5. The largest absolute Gasteiger partial charge is 0.493 e. The molecule has 4 atom stereocenters. The fraction of sp³-hybridized carbons (Fsp3) is 0.371. The van der Waals surface area contributed by atoms with Crippen molar-refractivity contribution in [2.75, 3.05) is 39.3 Å². The van der Waals surface area contributed by atoms with E-state index in [0.717, 1.165) is 33.6 Å². The predicted molar refractivity (Wildman–Crippen MR) is 320 cm³/mol. The van der Waals surface area contributed by atoms with E-state index in [1.54, 1.807) is 59.3 Å². The third kappa shape index (κ3) is 13.0. The molecule has 0 fully saturated rings. The van der Waals surface area contributed by atoms with Crippen molar-refractivity contribution >= 4 is 114 Å². The van der Waals surface area contributed by atoms with Crippen molar-refractivity contribution in [1.82, 2.24) is 20.0 Å². The number of hydrogen-bond acceptors (Lipinski definition) is 13. The predicted octanol–water partition coefficient (Wildman–Crippen LogP) is 10.7. The molecule has 4 aromatic carbocycles. The van der Waals surface area contributed by atoms with Crippen LogP contribution >= 0.6 is 31.9 Å². The minimum atomic E-state index is -0.772. The summed E-state index contributed by atoms with van der Waals surface area (Å²) in [6.45, 7) is 8.22. The minimum Gasteiger partial charge on any atom is -0.493 e. The highest BCUT2D eigenvalue weighted by atomic mass is 79.9. The highest BCUT2D eigenvalue weighted by molar-refractivity contribution is 9.14. The fourth-order valence-corrected chi connectivity index (χ4v) is 11.2. The van der Waals surface area contributed by atoms with Gasteiger partial charge in [-0.05, 0) is 109 Å². The van der Waals surface area contributed by atoms with Gasteiger partial charge in [0.1, 0.15) is 8.96 Å². The number of nitrogens with one attached hydrogen (secondary N) is 2. The van der Waals surface area contributed by atoms with Crippen LogP contribution in [0.1, 0.15) is 116 Å². The average Bonchev–Trinajstić information content (AvgIpc) is 4.34. The van der Waals surface area contributed by atoms with Gasteiger partial charge in [-0.25, -0.2) is 0 Å². The first-order chi connectivity index (χ1) is 39.5. The Labute approximate surface area is 493 Å². The molecule has 5 aliphatic rings. The van der Waals surface area contributed by atoms with Crippen molar-refractivity contribution in [1.29, 1.82) is 0 Å². The van der Waals surface area contributed by atoms with Gasteiger partial charge in [0, 0.05) is 87.2 Å². The van der Waals surface area contributed by atoms with Crippen LogP contribution in [0, 0.1) is 11.8 Å². The zero-order valence-corrected chi connectivity index (χ0v) is 49.8. The Morgan fingerprint density at radius 3 is 1.66 bits per heavy atom. The Balaban J connectivity index is 0.734. The van der Waals surface area contributed by atoms with E-state index in [2.05, 4.69) is 73.7 Å². The molecular weight excluding hydrogens is 1180 g/mol. The first kappa shape index (κ1) is 58.9. The molecule has 0 aliphatic carbocycles. The number of imide groups is 1. The molecule has 5 aliphatic heterocycles. The summed E-state index contributed by atoms with van der Waals surface area (Å²) < 4.78 is 24.1. The van der Waals surface area contributed by atoms with Gasteiger partial charge in [0.15, 0.2) is 28.8 Å². The Hall–Kier alpha value is -7.71. The van der Waals surface area contributed by atoms with Crippen molar-refractivity contribution in [3.8, 4) is 23.0 Å². The number of amides is 6. The first-order valence-corrected chi connectivity index (χ1v) is 29.1. The van der Waals surface area contributed by atoms with Crippen molar-refractivity contribution in [3.63, 3.8) is 0 Å². The Kier molecular flexibility index (Phi) is 18.7. The number of unbranched alkanes of at least 4 members (excludes halogenated alkanes) is 2. The molecule has 20 heteroatoms. The van der Waals surface area contributed by atoms with Crippen LogP contribution in [-0.2, 0) is 30.4 Å². The molecule has 0 radical (unpaired) electrons. The molecule has 5 heterocycles. The van der Waals surface area contributed by atoms with Crippen LogP contribution < -0.4 is 29.6 Å². The number of halogens is 2. The summed E-state index contributed by atoms with van der Waals surface area (Å²) in [6.07, 6.45) is 11.7. The molecule has 0 bridgehead atoms. The van der Waals surface area contributed by atoms with Crippen LogP contribution in [0.5, 0.6) is 23.0 Å². The second-order valence-electron chi connectivity index (χ2n) is 21.1. The smallest absolute Gasteiger partial charge is 0.269 e.